The maximum Gasteiger partial charge on any atom is 0.129 e. The van der Waals surface area contributed by atoms with Crippen molar-refractivity contribution in [2.24, 2.45) is 0 Å². The summed E-state index contributed by atoms with van der Waals surface area (Å²) in [4.78, 5) is 0. The molecular formula is C15H12BrFN2O. The van der Waals surface area contributed by atoms with E-state index in [0.717, 1.165) is 10.2 Å². The van der Waals surface area contributed by atoms with Gasteiger partial charge in [-0.1, -0.05) is 18.2 Å². The number of nitrogens with one attached hydrogen (secondary N) is 1. The molecule has 2 N–H and O–H groups in total. The molecule has 102 valence electrons. The second-order valence-electron chi connectivity index (χ2n) is 4.22. The van der Waals surface area contributed by atoms with Gasteiger partial charge in [-0.3, -0.25) is 0 Å². The lowest BCUT2D eigenvalue weighted by Gasteiger charge is -2.14. The van der Waals surface area contributed by atoms with Crippen molar-refractivity contribution in [3.63, 3.8) is 0 Å². The molecule has 5 heteroatoms. The summed E-state index contributed by atoms with van der Waals surface area (Å²) in [5.41, 5.74) is 1.53. The molecule has 0 aliphatic heterocycles. The zero-order chi connectivity index (χ0) is 14.5. The van der Waals surface area contributed by atoms with Gasteiger partial charge in [0.1, 0.15) is 5.82 Å². The summed E-state index contributed by atoms with van der Waals surface area (Å²) in [6.07, 6.45) is -0.946. The topological polar surface area (TPSA) is 56.0 Å². The van der Waals surface area contributed by atoms with Crippen molar-refractivity contribution < 1.29 is 9.50 Å². The number of halogens is 2. The van der Waals surface area contributed by atoms with E-state index in [2.05, 4.69) is 21.2 Å². The summed E-state index contributed by atoms with van der Waals surface area (Å²) in [7, 11) is 0. The lowest BCUT2D eigenvalue weighted by Crippen LogP contribution is -2.13. The molecule has 1 atom stereocenters. The molecule has 2 aromatic rings. The molecule has 0 aliphatic carbocycles. The van der Waals surface area contributed by atoms with Gasteiger partial charge in [0, 0.05) is 22.3 Å². The van der Waals surface area contributed by atoms with Crippen LogP contribution in [0.3, 0.4) is 0 Å². The Labute approximate surface area is 124 Å². The lowest BCUT2D eigenvalue weighted by molar-refractivity contribution is 0.186. The quantitative estimate of drug-likeness (QED) is 0.898. The van der Waals surface area contributed by atoms with Crippen molar-refractivity contribution in [1.29, 1.82) is 5.26 Å². The van der Waals surface area contributed by atoms with Gasteiger partial charge < -0.3 is 10.4 Å². The Hall–Kier alpha value is -1.90. The smallest absolute Gasteiger partial charge is 0.129 e. The standard InChI is InChI=1S/C15H12BrFN2O/c16-12-7-10(8-18)5-6-14(12)19-9-15(20)11-3-1-2-4-13(11)17/h1-7,15,19-20H,9H2. The highest BCUT2D eigenvalue weighted by molar-refractivity contribution is 9.10. The monoisotopic (exact) mass is 334 g/mol. The Morgan fingerprint density at radius 2 is 2.05 bits per heavy atom. The van der Waals surface area contributed by atoms with Crippen molar-refractivity contribution in [2.45, 2.75) is 6.10 Å². The fourth-order valence-corrected chi connectivity index (χ4v) is 2.31. The fraction of sp³-hybridized carbons (Fsp3) is 0.133. The Morgan fingerprint density at radius 3 is 2.70 bits per heavy atom. The average molecular weight is 335 g/mol. The van der Waals surface area contributed by atoms with Gasteiger partial charge in [0.2, 0.25) is 0 Å². The summed E-state index contributed by atoms with van der Waals surface area (Å²) in [6, 6.07) is 13.2. The highest BCUT2D eigenvalue weighted by Crippen LogP contribution is 2.25. The van der Waals surface area contributed by atoms with Gasteiger partial charge in [-0.15, -0.1) is 0 Å². The van der Waals surface area contributed by atoms with Crippen LogP contribution in [0.4, 0.5) is 10.1 Å². The zero-order valence-corrected chi connectivity index (χ0v) is 12.1. The van der Waals surface area contributed by atoms with Crippen LogP contribution in [-0.4, -0.2) is 11.7 Å². The molecule has 0 bridgehead atoms. The molecule has 0 spiro atoms. The van der Waals surface area contributed by atoms with Crippen molar-refractivity contribution in [3.05, 3.63) is 63.9 Å². The van der Waals surface area contributed by atoms with E-state index in [0.29, 0.717) is 5.56 Å². The van der Waals surface area contributed by atoms with Crippen molar-refractivity contribution in [3.8, 4) is 6.07 Å². The molecule has 0 radical (unpaired) electrons. The minimum atomic E-state index is -0.946. The molecular weight excluding hydrogens is 323 g/mol. The van der Waals surface area contributed by atoms with E-state index in [4.69, 9.17) is 5.26 Å². The summed E-state index contributed by atoms with van der Waals surface area (Å²) in [6.45, 7) is 0.172. The first-order valence-electron chi connectivity index (χ1n) is 5.98. The Morgan fingerprint density at radius 1 is 1.30 bits per heavy atom. The van der Waals surface area contributed by atoms with E-state index in [1.54, 1.807) is 36.4 Å². The molecule has 0 fully saturated rings. The minimum absolute atomic E-state index is 0.172. The molecule has 0 amide bonds. The molecule has 0 saturated carbocycles. The van der Waals surface area contributed by atoms with Crippen LogP contribution in [0.2, 0.25) is 0 Å². The van der Waals surface area contributed by atoms with Gasteiger partial charge >= 0.3 is 0 Å². The Balaban J connectivity index is 2.06. The summed E-state index contributed by atoms with van der Waals surface area (Å²) < 4.78 is 14.2. The highest BCUT2D eigenvalue weighted by Gasteiger charge is 2.12. The number of hydrogen-bond acceptors (Lipinski definition) is 3. The molecule has 3 nitrogen and oxygen atoms in total. The summed E-state index contributed by atoms with van der Waals surface area (Å²) in [5.74, 6) is -0.430. The third-order valence-electron chi connectivity index (χ3n) is 2.85. The van der Waals surface area contributed by atoms with Crippen LogP contribution < -0.4 is 5.32 Å². The Bertz CT molecular complexity index is 655. The maximum atomic E-state index is 13.5. The first kappa shape index (κ1) is 14.5. The third-order valence-corrected chi connectivity index (χ3v) is 3.50. The number of aliphatic hydroxyl groups is 1. The van der Waals surface area contributed by atoms with Crippen LogP contribution in [0.15, 0.2) is 46.9 Å². The van der Waals surface area contributed by atoms with Gasteiger partial charge in [-0.2, -0.15) is 5.26 Å². The van der Waals surface area contributed by atoms with E-state index in [9.17, 15) is 9.50 Å². The number of nitriles is 1. The zero-order valence-electron chi connectivity index (χ0n) is 10.5. The summed E-state index contributed by atoms with van der Waals surface area (Å²) in [5, 5.41) is 21.8. The molecule has 2 aromatic carbocycles. The number of anilines is 1. The molecule has 2 rings (SSSR count). The van der Waals surface area contributed by atoms with Crippen molar-refractivity contribution in [2.75, 3.05) is 11.9 Å². The van der Waals surface area contributed by atoms with E-state index in [1.807, 2.05) is 6.07 Å². The number of hydrogen-bond donors (Lipinski definition) is 2. The number of benzene rings is 2. The van der Waals surface area contributed by atoms with E-state index >= 15 is 0 Å². The summed E-state index contributed by atoms with van der Waals surface area (Å²) >= 11 is 3.34. The predicted molar refractivity (Wildman–Crippen MR) is 78.7 cm³/mol. The second-order valence-corrected chi connectivity index (χ2v) is 5.08. The first-order chi connectivity index (χ1) is 9.61. The van der Waals surface area contributed by atoms with Crippen LogP contribution in [0.25, 0.3) is 0 Å². The number of nitrogens with zero attached hydrogens (tertiary/aromatic N) is 1. The molecule has 0 aromatic heterocycles. The fourth-order valence-electron chi connectivity index (χ4n) is 1.79. The van der Waals surface area contributed by atoms with Crippen LogP contribution in [0.1, 0.15) is 17.2 Å². The first-order valence-corrected chi connectivity index (χ1v) is 6.77. The molecule has 0 heterocycles. The average Bonchev–Trinajstić information content (AvgIpc) is 2.46. The highest BCUT2D eigenvalue weighted by atomic mass is 79.9. The predicted octanol–water partition coefficient (Wildman–Crippen LogP) is 3.61. The third kappa shape index (κ3) is 3.35. The molecule has 0 aliphatic rings. The van der Waals surface area contributed by atoms with Gasteiger partial charge in [-0.25, -0.2) is 4.39 Å². The van der Waals surface area contributed by atoms with Crippen LogP contribution in [0.5, 0.6) is 0 Å². The second kappa shape index (κ2) is 6.51. The van der Waals surface area contributed by atoms with Crippen molar-refractivity contribution in [1.82, 2.24) is 0 Å². The lowest BCUT2D eigenvalue weighted by atomic mass is 10.1. The molecule has 20 heavy (non-hydrogen) atoms. The number of rotatable bonds is 4. The SMILES string of the molecule is N#Cc1ccc(NCC(O)c2ccccc2F)c(Br)c1. The van der Waals surface area contributed by atoms with Gasteiger partial charge in [0.15, 0.2) is 0 Å². The maximum absolute atomic E-state index is 13.5. The van der Waals surface area contributed by atoms with Crippen molar-refractivity contribution >= 4 is 21.6 Å². The Kier molecular flexibility index (Phi) is 4.72. The van der Waals surface area contributed by atoms with Crippen LogP contribution >= 0.6 is 15.9 Å². The molecule has 0 saturated heterocycles. The van der Waals surface area contributed by atoms with Gasteiger partial charge in [-0.05, 0) is 40.2 Å². The van der Waals surface area contributed by atoms with Crippen LogP contribution in [0, 0.1) is 17.1 Å². The van der Waals surface area contributed by atoms with Crippen LogP contribution in [-0.2, 0) is 0 Å². The van der Waals surface area contributed by atoms with E-state index < -0.39 is 11.9 Å². The van der Waals surface area contributed by atoms with Gasteiger partial charge in [0.25, 0.3) is 0 Å². The van der Waals surface area contributed by atoms with E-state index in [1.165, 1.54) is 6.07 Å². The van der Waals surface area contributed by atoms with Gasteiger partial charge in [0.05, 0.1) is 17.7 Å². The number of aliphatic hydroxyl groups excluding tert-OH is 1. The largest absolute Gasteiger partial charge is 0.386 e. The molecule has 1 unspecified atom stereocenters. The normalized spacial score (nSPS) is 11.7. The van der Waals surface area contributed by atoms with E-state index in [-0.39, 0.29) is 12.1 Å². The minimum Gasteiger partial charge on any atom is -0.386 e.